The number of halogens is 2. The van der Waals surface area contributed by atoms with Crippen LogP contribution in [-0.4, -0.2) is 42.6 Å². The van der Waals surface area contributed by atoms with Crippen molar-refractivity contribution >= 4 is 55.1 Å². The summed E-state index contributed by atoms with van der Waals surface area (Å²) >= 11 is 6.63. The fraction of sp³-hybridized carbons (Fsp3) is 0.240. The number of thiophene rings is 1. The number of rotatable bonds is 7. The highest BCUT2D eigenvalue weighted by Gasteiger charge is 2.22. The van der Waals surface area contributed by atoms with Crippen molar-refractivity contribution in [2.24, 2.45) is 0 Å². The Morgan fingerprint density at radius 2 is 1.81 bits per heavy atom. The van der Waals surface area contributed by atoms with E-state index in [0.29, 0.717) is 10.1 Å². The number of benzene rings is 2. The molecule has 0 saturated carbocycles. The highest BCUT2D eigenvalue weighted by Crippen LogP contribution is 2.27. The average molecular weight is 562 g/mol. The Bertz CT molecular complexity index is 1750. The van der Waals surface area contributed by atoms with Crippen LogP contribution < -0.4 is 16.1 Å². The number of Topliss-reactive ketones (excluding diaryl/α,β-unsaturated/α-hetero) is 1. The first-order chi connectivity index (χ1) is 17.6. The lowest BCUT2D eigenvalue weighted by molar-refractivity contribution is -0.116. The number of aromatic amines is 1. The van der Waals surface area contributed by atoms with Gasteiger partial charge in [0.05, 0.1) is 20.9 Å². The lowest BCUT2D eigenvalue weighted by Crippen LogP contribution is -2.34. The molecular weight excluding hydrogens is 541 g/mol. The second-order valence-corrected chi connectivity index (χ2v) is 12.7. The van der Waals surface area contributed by atoms with Gasteiger partial charge in [-0.15, -0.1) is 11.3 Å². The highest BCUT2D eigenvalue weighted by atomic mass is 35.5. The molecule has 1 saturated heterocycles. The molecule has 1 N–H and O–H groups in total. The molecule has 0 unspecified atom stereocenters. The van der Waals surface area contributed by atoms with Crippen molar-refractivity contribution in [1.29, 1.82) is 0 Å². The molecule has 0 amide bonds. The van der Waals surface area contributed by atoms with Crippen LogP contribution in [0, 0.1) is 5.82 Å². The first kappa shape index (κ1) is 25.4. The van der Waals surface area contributed by atoms with E-state index in [-0.39, 0.29) is 31.6 Å². The SMILES string of the molecule is O=C(Cc1ccc(-n2c(=O)[nH]c3cc(N4CCCC4)ccc3c2=O)c(F)c1)CS(=O)(=O)c1ccc(Cl)s1. The second kappa shape index (κ2) is 9.88. The summed E-state index contributed by atoms with van der Waals surface area (Å²) in [5.74, 6) is -2.28. The van der Waals surface area contributed by atoms with E-state index in [1.54, 1.807) is 18.2 Å². The van der Waals surface area contributed by atoms with Crippen LogP contribution in [0.5, 0.6) is 0 Å². The summed E-state index contributed by atoms with van der Waals surface area (Å²) in [4.78, 5) is 43.2. The van der Waals surface area contributed by atoms with E-state index in [9.17, 15) is 22.8 Å². The van der Waals surface area contributed by atoms with Gasteiger partial charge in [0.1, 0.15) is 15.8 Å². The molecule has 0 aliphatic carbocycles. The van der Waals surface area contributed by atoms with E-state index < -0.39 is 38.4 Å². The molecule has 8 nitrogen and oxygen atoms in total. The van der Waals surface area contributed by atoms with Gasteiger partial charge in [-0.25, -0.2) is 22.2 Å². The first-order valence-electron chi connectivity index (χ1n) is 11.4. The Kier molecular flexibility index (Phi) is 6.78. The van der Waals surface area contributed by atoms with Gasteiger partial charge in [-0.05, 0) is 60.9 Å². The van der Waals surface area contributed by atoms with Crippen LogP contribution in [0.3, 0.4) is 0 Å². The third-order valence-electron chi connectivity index (χ3n) is 6.21. The second-order valence-electron chi connectivity index (χ2n) is 8.81. The standard InChI is InChI=1S/C25H21ClFN3O5S2/c26-22-7-8-23(36-22)37(34,35)14-17(31)11-15-3-6-21(19(27)12-15)30-24(32)18-5-4-16(29-9-1-2-10-29)13-20(18)28-25(30)33/h3-8,12-13H,1-2,9-11,14H2,(H,28,33). The van der Waals surface area contributed by atoms with Crippen LogP contribution in [0.2, 0.25) is 4.34 Å². The zero-order valence-electron chi connectivity index (χ0n) is 19.4. The topological polar surface area (TPSA) is 109 Å². The van der Waals surface area contributed by atoms with Crippen LogP contribution in [0.4, 0.5) is 10.1 Å². The summed E-state index contributed by atoms with van der Waals surface area (Å²) in [6.45, 7) is 1.81. The summed E-state index contributed by atoms with van der Waals surface area (Å²) in [6, 6.07) is 11.6. The van der Waals surface area contributed by atoms with Gasteiger partial charge in [0.25, 0.3) is 5.56 Å². The Labute approximate surface area is 219 Å². The summed E-state index contributed by atoms with van der Waals surface area (Å²) in [7, 11) is -3.86. The third-order valence-corrected chi connectivity index (χ3v) is 9.70. The number of nitrogens with one attached hydrogen (secondary N) is 1. The molecule has 2 aromatic carbocycles. The monoisotopic (exact) mass is 561 g/mol. The maximum absolute atomic E-state index is 15.1. The zero-order valence-corrected chi connectivity index (χ0v) is 21.8. The minimum Gasteiger partial charge on any atom is -0.371 e. The molecule has 0 radical (unpaired) electrons. The van der Waals surface area contributed by atoms with Gasteiger partial charge in [0.2, 0.25) is 0 Å². The van der Waals surface area contributed by atoms with Crippen LogP contribution in [0.15, 0.2) is 62.3 Å². The van der Waals surface area contributed by atoms with Gasteiger partial charge in [-0.3, -0.25) is 9.59 Å². The number of ketones is 1. The predicted octanol–water partition coefficient (Wildman–Crippen LogP) is 3.72. The summed E-state index contributed by atoms with van der Waals surface area (Å²) in [6.07, 6.45) is 1.82. The number of aromatic nitrogens is 2. The van der Waals surface area contributed by atoms with Crippen molar-refractivity contribution in [2.45, 2.75) is 23.5 Å². The van der Waals surface area contributed by atoms with Crippen LogP contribution >= 0.6 is 22.9 Å². The molecule has 0 atom stereocenters. The normalized spacial score (nSPS) is 13.9. The summed E-state index contributed by atoms with van der Waals surface area (Å²) < 4.78 is 40.9. The molecule has 1 aliphatic rings. The maximum atomic E-state index is 15.1. The van der Waals surface area contributed by atoms with E-state index in [2.05, 4.69) is 9.88 Å². The molecule has 4 aromatic rings. The maximum Gasteiger partial charge on any atom is 0.333 e. The first-order valence-corrected chi connectivity index (χ1v) is 14.3. The van der Waals surface area contributed by atoms with E-state index in [0.717, 1.165) is 49.0 Å². The zero-order chi connectivity index (χ0) is 26.3. The number of hydrogen-bond donors (Lipinski definition) is 1. The van der Waals surface area contributed by atoms with Crippen LogP contribution in [-0.2, 0) is 21.1 Å². The Morgan fingerprint density at radius 3 is 2.49 bits per heavy atom. The van der Waals surface area contributed by atoms with Crippen molar-refractivity contribution in [2.75, 3.05) is 23.7 Å². The Morgan fingerprint density at radius 1 is 1.05 bits per heavy atom. The van der Waals surface area contributed by atoms with E-state index in [4.69, 9.17) is 11.6 Å². The number of anilines is 1. The number of carbonyl (C=O) groups is 1. The van der Waals surface area contributed by atoms with Crippen molar-refractivity contribution in [3.8, 4) is 5.69 Å². The Hall–Kier alpha value is -3.28. The Balaban J connectivity index is 1.40. The van der Waals surface area contributed by atoms with Gasteiger partial charge in [-0.2, -0.15) is 0 Å². The van der Waals surface area contributed by atoms with Gasteiger partial charge < -0.3 is 9.88 Å². The highest BCUT2D eigenvalue weighted by molar-refractivity contribution is 7.94. The van der Waals surface area contributed by atoms with Crippen molar-refractivity contribution in [3.05, 3.63) is 85.1 Å². The van der Waals surface area contributed by atoms with Crippen LogP contribution in [0.25, 0.3) is 16.6 Å². The summed E-state index contributed by atoms with van der Waals surface area (Å²) in [5, 5.41) is 0.236. The van der Waals surface area contributed by atoms with Crippen LogP contribution in [0.1, 0.15) is 18.4 Å². The minimum atomic E-state index is -3.86. The van der Waals surface area contributed by atoms with Crippen molar-refractivity contribution < 1.29 is 17.6 Å². The van der Waals surface area contributed by atoms with Crippen molar-refractivity contribution in [3.63, 3.8) is 0 Å². The molecule has 2 aromatic heterocycles. The number of hydrogen-bond acceptors (Lipinski definition) is 7. The van der Waals surface area contributed by atoms with E-state index in [1.807, 2.05) is 0 Å². The number of fused-ring (bicyclic) bond motifs is 1. The van der Waals surface area contributed by atoms with Crippen molar-refractivity contribution in [1.82, 2.24) is 9.55 Å². The fourth-order valence-corrected chi connectivity index (χ4v) is 7.28. The van der Waals surface area contributed by atoms with Gasteiger partial charge in [0, 0.05) is 25.2 Å². The fourth-order valence-electron chi connectivity index (χ4n) is 4.47. The van der Waals surface area contributed by atoms with Gasteiger partial charge in [0.15, 0.2) is 15.6 Å². The molecular formula is C25H21ClFN3O5S2. The van der Waals surface area contributed by atoms with E-state index >= 15 is 4.39 Å². The third kappa shape index (κ3) is 5.11. The molecule has 1 aliphatic heterocycles. The summed E-state index contributed by atoms with van der Waals surface area (Å²) in [5.41, 5.74) is -0.247. The van der Waals surface area contributed by atoms with Gasteiger partial charge >= 0.3 is 5.69 Å². The molecule has 0 spiro atoms. The number of sulfone groups is 1. The molecule has 37 heavy (non-hydrogen) atoms. The molecule has 1 fully saturated rings. The molecule has 192 valence electrons. The van der Waals surface area contributed by atoms with E-state index in [1.165, 1.54) is 24.3 Å². The predicted molar refractivity (Wildman–Crippen MR) is 142 cm³/mol. The number of H-pyrrole nitrogens is 1. The number of nitrogens with zero attached hydrogens (tertiary/aromatic N) is 2. The molecule has 5 rings (SSSR count). The van der Waals surface area contributed by atoms with Gasteiger partial charge in [-0.1, -0.05) is 17.7 Å². The molecule has 12 heteroatoms. The molecule has 3 heterocycles. The molecule has 0 bridgehead atoms. The lowest BCUT2D eigenvalue weighted by atomic mass is 10.1. The quantitative estimate of drug-likeness (QED) is 0.368. The lowest BCUT2D eigenvalue weighted by Gasteiger charge is -2.18. The minimum absolute atomic E-state index is 0.0187. The smallest absolute Gasteiger partial charge is 0.333 e. The number of carbonyl (C=O) groups excluding carboxylic acids is 1. The average Bonchev–Trinajstić information content (AvgIpc) is 3.52. The largest absolute Gasteiger partial charge is 0.371 e.